The lowest BCUT2D eigenvalue weighted by atomic mass is 9.87. The second-order valence-corrected chi connectivity index (χ2v) is 10.2. The first kappa shape index (κ1) is 23.2. The summed E-state index contributed by atoms with van der Waals surface area (Å²) in [5.41, 5.74) is 10.1. The third kappa shape index (κ3) is 7.04. The van der Waals surface area contributed by atoms with Gasteiger partial charge >= 0.3 is 0 Å². The van der Waals surface area contributed by atoms with Gasteiger partial charge in [0, 0.05) is 18.1 Å². The fraction of sp³-hybridized carbons (Fsp3) is 0.400. The molecule has 31 heavy (non-hydrogen) atoms. The van der Waals surface area contributed by atoms with Crippen LogP contribution in [0.5, 0.6) is 0 Å². The molecule has 0 aliphatic carbocycles. The molecule has 1 heterocycles. The van der Waals surface area contributed by atoms with Crippen molar-refractivity contribution < 1.29 is 4.79 Å². The van der Waals surface area contributed by atoms with E-state index in [1.54, 1.807) is 11.8 Å². The first-order valence-corrected chi connectivity index (χ1v) is 11.7. The number of nitrogens with one attached hydrogen (secondary N) is 1. The highest BCUT2D eigenvalue weighted by Crippen LogP contribution is 2.25. The van der Waals surface area contributed by atoms with Gasteiger partial charge in [-0.25, -0.2) is 0 Å². The van der Waals surface area contributed by atoms with E-state index in [1.807, 2.05) is 55.5 Å². The zero-order valence-electron chi connectivity index (χ0n) is 18.5. The van der Waals surface area contributed by atoms with E-state index >= 15 is 0 Å². The fourth-order valence-corrected chi connectivity index (χ4v) is 4.57. The van der Waals surface area contributed by atoms with Crippen LogP contribution >= 0.6 is 11.8 Å². The Balaban J connectivity index is 1.59. The van der Waals surface area contributed by atoms with Gasteiger partial charge in [0.05, 0.1) is 17.0 Å². The SMILES string of the molecule is CC(C)SC(NC(=O)CCc1ccccc1)C1=NN=C([C@](C)(N)Cc2ccccc2)C1. The summed E-state index contributed by atoms with van der Waals surface area (Å²) in [5.74, 6) is 0.0259. The maximum Gasteiger partial charge on any atom is 0.221 e. The Morgan fingerprint density at radius 1 is 1.06 bits per heavy atom. The van der Waals surface area contributed by atoms with E-state index in [0.717, 1.165) is 23.4 Å². The van der Waals surface area contributed by atoms with Gasteiger partial charge in [0.25, 0.3) is 0 Å². The van der Waals surface area contributed by atoms with E-state index in [9.17, 15) is 4.79 Å². The first-order valence-electron chi connectivity index (χ1n) is 10.8. The van der Waals surface area contributed by atoms with Gasteiger partial charge in [-0.1, -0.05) is 74.5 Å². The Bertz CT molecular complexity index is 923. The maximum absolute atomic E-state index is 12.6. The summed E-state index contributed by atoms with van der Waals surface area (Å²) in [6.45, 7) is 6.24. The van der Waals surface area contributed by atoms with Crippen molar-refractivity contribution in [3.05, 3.63) is 71.8 Å². The molecule has 2 atom stereocenters. The Labute approximate surface area is 189 Å². The van der Waals surface area contributed by atoms with Crippen LogP contribution in [0.2, 0.25) is 0 Å². The number of thioether (sulfide) groups is 1. The van der Waals surface area contributed by atoms with E-state index in [4.69, 9.17) is 5.73 Å². The molecule has 2 aromatic rings. The van der Waals surface area contributed by atoms with E-state index in [2.05, 4.69) is 41.5 Å². The first-order chi connectivity index (χ1) is 14.8. The monoisotopic (exact) mass is 436 g/mol. The number of aryl methyl sites for hydroxylation is 1. The molecular weight excluding hydrogens is 404 g/mol. The molecule has 3 rings (SSSR count). The number of nitrogens with zero attached hydrogens (tertiary/aromatic N) is 2. The molecule has 0 aromatic heterocycles. The molecule has 0 radical (unpaired) electrons. The molecule has 0 bridgehead atoms. The number of carbonyl (C=O) groups is 1. The predicted molar refractivity (Wildman–Crippen MR) is 132 cm³/mol. The largest absolute Gasteiger partial charge is 0.339 e. The van der Waals surface area contributed by atoms with Crippen LogP contribution in [-0.2, 0) is 17.6 Å². The van der Waals surface area contributed by atoms with E-state index in [1.165, 1.54) is 5.56 Å². The highest BCUT2D eigenvalue weighted by molar-refractivity contribution is 8.01. The summed E-state index contributed by atoms with van der Waals surface area (Å²) in [6.07, 6.45) is 2.45. The number of carbonyl (C=O) groups excluding carboxylic acids is 1. The van der Waals surface area contributed by atoms with Crippen LogP contribution < -0.4 is 11.1 Å². The van der Waals surface area contributed by atoms with Crippen molar-refractivity contribution in [3.63, 3.8) is 0 Å². The van der Waals surface area contributed by atoms with Gasteiger partial charge in [0.2, 0.25) is 5.91 Å². The van der Waals surface area contributed by atoms with Crippen LogP contribution in [0.4, 0.5) is 0 Å². The number of hydrogen-bond acceptors (Lipinski definition) is 5. The fourth-order valence-electron chi connectivity index (χ4n) is 3.54. The highest BCUT2D eigenvalue weighted by Gasteiger charge is 2.33. The van der Waals surface area contributed by atoms with Crippen molar-refractivity contribution in [2.45, 2.75) is 62.6 Å². The molecule has 0 saturated carbocycles. The van der Waals surface area contributed by atoms with Crippen molar-refractivity contribution >= 4 is 29.1 Å². The minimum Gasteiger partial charge on any atom is -0.339 e. The Morgan fingerprint density at radius 3 is 2.29 bits per heavy atom. The van der Waals surface area contributed by atoms with E-state index in [0.29, 0.717) is 24.5 Å². The lowest BCUT2D eigenvalue weighted by molar-refractivity contribution is -0.120. The number of amides is 1. The molecule has 6 heteroatoms. The lowest BCUT2D eigenvalue weighted by Gasteiger charge is -2.26. The Kier molecular flexibility index (Phi) is 8.04. The minimum atomic E-state index is -0.586. The summed E-state index contributed by atoms with van der Waals surface area (Å²) in [7, 11) is 0. The standard InChI is InChI=1S/C25H32N4OS/c1-18(2)31-24(27-23(30)15-14-19-10-6-4-7-11-19)21-16-22(29-28-21)25(3,26)17-20-12-8-5-9-13-20/h4-13,18,24H,14-17,26H2,1-3H3,(H,27,30)/t24?,25-/m1/s1. The molecule has 1 unspecified atom stereocenters. The van der Waals surface area contributed by atoms with Crippen LogP contribution in [0.25, 0.3) is 0 Å². The van der Waals surface area contributed by atoms with Gasteiger partial charge in [0.1, 0.15) is 5.37 Å². The molecule has 3 N–H and O–H groups in total. The number of nitrogens with two attached hydrogens (primary N) is 1. The number of rotatable bonds is 10. The van der Waals surface area contributed by atoms with Crippen LogP contribution in [0, 0.1) is 0 Å². The highest BCUT2D eigenvalue weighted by atomic mass is 32.2. The van der Waals surface area contributed by atoms with Gasteiger partial charge in [-0.15, -0.1) is 11.8 Å². The van der Waals surface area contributed by atoms with Crippen molar-refractivity contribution in [2.24, 2.45) is 15.9 Å². The quantitative estimate of drug-likeness (QED) is 0.543. The van der Waals surface area contributed by atoms with Gasteiger partial charge in [-0.2, -0.15) is 10.2 Å². The molecule has 0 spiro atoms. The normalized spacial score (nSPS) is 16.4. The third-order valence-electron chi connectivity index (χ3n) is 5.21. The van der Waals surface area contributed by atoms with Gasteiger partial charge in [-0.3, -0.25) is 4.79 Å². The van der Waals surface area contributed by atoms with Crippen molar-refractivity contribution in [2.75, 3.05) is 0 Å². The van der Waals surface area contributed by atoms with Crippen LogP contribution in [0.1, 0.15) is 44.7 Å². The molecular formula is C25H32N4OS. The third-order valence-corrected chi connectivity index (χ3v) is 6.41. The van der Waals surface area contributed by atoms with Crippen LogP contribution in [0.3, 0.4) is 0 Å². The smallest absolute Gasteiger partial charge is 0.221 e. The molecule has 5 nitrogen and oxygen atoms in total. The summed E-state index contributed by atoms with van der Waals surface area (Å²) < 4.78 is 0. The molecule has 2 aromatic carbocycles. The Morgan fingerprint density at radius 2 is 1.68 bits per heavy atom. The number of benzene rings is 2. The predicted octanol–water partition coefficient (Wildman–Crippen LogP) is 4.36. The van der Waals surface area contributed by atoms with Crippen LogP contribution in [-0.4, -0.2) is 33.5 Å². The topological polar surface area (TPSA) is 79.8 Å². The van der Waals surface area contributed by atoms with Crippen molar-refractivity contribution in [1.29, 1.82) is 0 Å². The lowest BCUT2D eigenvalue weighted by Crippen LogP contribution is -2.48. The van der Waals surface area contributed by atoms with Crippen LogP contribution in [0.15, 0.2) is 70.9 Å². The summed E-state index contributed by atoms with van der Waals surface area (Å²) in [5, 5.41) is 12.2. The summed E-state index contributed by atoms with van der Waals surface area (Å²) in [4.78, 5) is 12.6. The minimum absolute atomic E-state index is 0.0259. The average Bonchev–Trinajstić information content (AvgIpc) is 3.24. The molecule has 1 aliphatic heterocycles. The second-order valence-electron chi connectivity index (χ2n) is 8.51. The molecule has 164 valence electrons. The van der Waals surface area contributed by atoms with E-state index in [-0.39, 0.29) is 11.3 Å². The second kappa shape index (κ2) is 10.7. The van der Waals surface area contributed by atoms with Gasteiger partial charge in [-0.05, 0) is 30.9 Å². The zero-order valence-corrected chi connectivity index (χ0v) is 19.4. The summed E-state index contributed by atoms with van der Waals surface area (Å²) in [6, 6.07) is 20.3. The van der Waals surface area contributed by atoms with Crippen molar-refractivity contribution in [3.8, 4) is 0 Å². The average molecular weight is 437 g/mol. The van der Waals surface area contributed by atoms with E-state index < -0.39 is 5.54 Å². The van der Waals surface area contributed by atoms with Gasteiger partial charge < -0.3 is 11.1 Å². The Hall–Kier alpha value is -2.44. The molecule has 1 amide bonds. The zero-order chi connectivity index (χ0) is 22.3. The molecule has 1 aliphatic rings. The molecule has 0 saturated heterocycles. The van der Waals surface area contributed by atoms with Gasteiger partial charge in [0.15, 0.2) is 0 Å². The summed E-state index contributed by atoms with van der Waals surface area (Å²) >= 11 is 1.69. The maximum atomic E-state index is 12.6. The van der Waals surface area contributed by atoms with Crippen molar-refractivity contribution in [1.82, 2.24) is 5.32 Å². The number of hydrogen-bond donors (Lipinski definition) is 2. The molecule has 0 fully saturated rings.